The standard InChI is InChI=1S/C34H40ClN3O2.2ClH/c35-32-9-2-1-7-31(32)24-38-17-13-25(14-18-38)5-4-10-33(39)29-12-11-27-15-19-37(20-16-28(27)22-29)23-26-6-3-8-30(21-26)34(36)40;;/h1-3,6-9,11-12,21-22,25H,4-5,10,13-20,23-24H2,(H2,36,40);2*1H. The van der Waals surface area contributed by atoms with Gasteiger partial charge in [-0.15, -0.1) is 24.8 Å². The van der Waals surface area contributed by atoms with Crippen LogP contribution in [-0.4, -0.2) is 47.7 Å². The van der Waals surface area contributed by atoms with Crippen LogP contribution in [0.3, 0.4) is 0 Å². The third kappa shape index (κ3) is 9.29. The lowest BCUT2D eigenvalue weighted by Crippen LogP contribution is -2.33. The number of primary amides is 1. The highest BCUT2D eigenvalue weighted by molar-refractivity contribution is 6.31. The molecule has 5 rings (SSSR count). The van der Waals surface area contributed by atoms with E-state index >= 15 is 0 Å². The number of carbonyl (C=O) groups is 2. The fourth-order valence-electron chi connectivity index (χ4n) is 6.18. The summed E-state index contributed by atoms with van der Waals surface area (Å²) in [6.45, 7) is 5.80. The summed E-state index contributed by atoms with van der Waals surface area (Å²) in [5.41, 5.74) is 11.8. The van der Waals surface area contributed by atoms with Crippen LogP contribution in [0, 0.1) is 5.92 Å². The highest BCUT2D eigenvalue weighted by atomic mass is 35.5. The van der Waals surface area contributed by atoms with Crippen molar-refractivity contribution in [3.8, 4) is 0 Å². The SMILES string of the molecule is Cl.Cl.NC(=O)c1cccc(CN2CCc3ccc(C(=O)CCCC4CCN(Cc5ccccc5Cl)CC4)cc3CC2)c1. The van der Waals surface area contributed by atoms with Gasteiger partial charge in [-0.25, -0.2) is 0 Å². The average molecular weight is 631 g/mol. The Bertz CT molecular complexity index is 1340. The summed E-state index contributed by atoms with van der Waals surface area (Å²) < 4.78 is 0. The van der Waals surface area contributed by atoms with Crippen LogP contribution in [0.1, 0.15) is 75.1 Å². The van der Waals surface area contributed by atoms with E-state index in [1.807, 2.05) is 36.4 Å². The molecule has 1 fully saturated rings. The molecule has 1 saturated heterocycles. The van der Waals surface area contributed by atoms with E-state index in [0.29, 0.717) is 17.9 Å². The van der Waals surface area contributed by atoms with Crippen molar-refractivity contribution in [3.05, 3.63) is 105 Å². The number of halogens is 3. The van der Waals surface area contributed by atoms with Crippen molar-refractivity contribution in [2.24, 2.45) is 11.7 Å². The molecule has 1 amide bonds. The van der Waals surface area contributed by atoms with Crippen molar-refractivity contribution >= 4 is 48.1 Å². The van der Waals surface area contributed by atoms with Gasteiger partial charge in [-0.1, -0.05) is 54.1 Å². The Hall–Kier alpha value is -2.41. The molecule has 8 heteroatoms. The maximum atomic E-state index is 13.1. The molecular formula is C34H42Cl3N3O2. The Balaban J connectivity index is 0.00000242. The minimum Gasteiger partial charge on any atom is -0.366 e. The number of amides is 1. The van der Waals surface area contributed by atoms with E-state index in [9.17, 15) is 9.59 Å². The predicted molar refractivity (Wildman–Crippen MR) is 176 cm³/mol. The van der Waals surface area contributed by atoms with Crippen LogP contribution < -0.4 is 5.73 Å². The van der Waals surface area contributed by atoms with Crippen LogP contribution in [0.25, 0.3) is 0 Å². The number of nitrogens with two attached hydrogens (primary N) is 1. The van der Waals surface area contributed by atoms with Gasteiger partial charge < -0.3 is 5.73 Å². The van der Waals surface area contributed by atoms with Crippen molar-refractivity contribution in [1.82, 2.24) is 9.80 Å². The topological polar surface area (TPSA) is 66.6 Å². The van der Waals surface area contributed by atoms with Crippen LogP contribution in [0.2, 0.25) is 5.02 Å². The summed E-state index contributed by atoms with van der Waals surface area (Å²) in [5, 5.41) is 0.852. The molecule has 3 aromatic carbocycles. The number of hydrogen-bond donors (Lipinski definition) is 1. The zero-order valence-corrected chi connectivity index (χ0v) is 26.5. The number of Topliss-reactive ketones (excluding diaryl/α,β-unsaturated/α-hetero) is 1. The minimum absolute atomic E-state index is 0. The predicted octanol–water partition coefficient (Wildman–Crippen LogP) is 7.15. The fourth-order valence-corrected chi connectivity index (χ4v) is 6.38. The number of carbonyl (C=O) groups excluding carboxylic acids is 2. The molecule has 0 saturated carbocycles. The summed E-state index contributed by atoms with van der Waals surface area (Å²) in [4.78, 5) is 29.5. The molecule has 2 aliphatic heterocycles. The number of benzene rings is 3. The Kier molecular flexibility index (Phi) is 13.3. The summed E-state index contributed by atoms with van der Waals surface area (Å²) in [6, 6.07) is 22.0. The van der Waals surface area contributed by atoms with Crippen LogP contribution >= 0.6 is 36.4 Å². The van der Waals surface area contributed by atoms with Crippen molar-refractivity contribution in [3.63, 3.8) is 0 Å². The lowest BCUT2D eigenvalue weighted by molar-refractivity contribution is 0.0971. The van der Waals surface area contributed by atoms with E-state index in [-0.39, 0.29) is 30.6 Å². The number of piperidine rings is 1. The largest absolute Gasteiger partial charge is 0.366 e. The van der Waals surface area contributed by atoms with Gasteiger partial charge in [0, 0.05) is 48.7 Å². The third-order valence-corrected chi connectivity index (χ3v) is 8.98. The van der Waals surface area contributed by atoms with Crippen molar-refractivity contribution in [2.45, 2.75) is 58.0 Å². The van der Waals surface area contributed by atoms with Gasteiger partial charge in [0.15, 0.2) is 5.78 Å². The minimum atomic E-state index is -0.391. The van der Waals surface area contributed by atoms with Crippen molar-refractivity contribution in [2.75, 3.05) is 26.2 Å². The number of ketones is 1. The summed E-state index contributed by atoms with van der Waals surface area (Å²) in [5.74, 6) is 0.581. The molecule has 2 N–H and O–H groups in total. The Labute approximate surface area is 267 Å². The van der Waals surface area contributed by atoms with E-state index in [0.717, 1.165) is 81.1 Å². The maximum absolute atomic E-state index is 13.1. The first-order valence-electron chi connectivity index (χ1n) is 14.7. The first-order chi connectivity index (χ1) is 19.4. The van der Waals surface area contributed by atoms with Gasteiger partial charge >= 0.3 is 0 Å². The highest BCUT2D eigenvalue weighted by Crippen LogP contribution is 2.26. The molecule has 0 unspecified atom stereocenters. The van der Waals surface area contributed by atoms with Gasteiger partial charge in [-0.05, 0) is 104 Å². The second-order valence-electron chi connectivity index (χ2n) is 11.5. The second-order valence-corrected chi connectivity index (χ2v) is 11.9. The Morgan fingerprint density at radius 3 is 2.24 bits per heavy atom. The molecule has 3 aromatic rings. The molecule has 0 radical (unpaired) electrons. The normalized spacial score (nSPS) is 16.0. The van der Waals surface area contributed by atoms with E-state index < -0.39 is 5.91 Å². The van der Waals surface area contributed by atoms with Gasteiger partial charge in [-0.3, -0.25) is 19.4 Å². The summed E-state index contributed by atoms with van der Waals surface area (Å²) in [6.07, 6.45) is 7.00. The molecule has 2 heterocycles. The van der Waals surface area contributed by atoms with Gasteiger partial charge in [0.25, 0.3) is 0 Å². The summed E-state index contributed by atoms with van der Waals surface area (Å²) in [7, 11) is 0. The van der Waals surface area contributed by atoms with Gasteiger partial charge in [0.2, 0.25) is 5.91 Å². The van der Waals surface area contributed by atoms with Crippen molar-refractivity contribution in [1.29, 1.82) is 0 Å². The van der Waals surface area contributed by atoms with Crippen molar-refractivity contribution < 1.29 is 9.59 Å². The van der Waals surface area contributed by atoms with E-state index in [1.165, 1.54) is 29.5 Å². The molecule has 0 aliphatic carbocycles. The van der Waals surface area contributed by atoms with E-state index in [2.05, 4.69) is 34.1 Å². The molecular weight excluding hydrogens is 589 g/mol. The maximum Gasteiger partial charge on any atom is 0.248 e. The molecule has 5 nitrogen and oxygen atoms in total. The lowest BCUT2D eigenvalue weighted by atomic mass is 9.90. The van der Waals surface area contributed by atoms with Gasteiger partial charge in [0.05, 0.1) is 0 Å². The van der Waals surface area contributed by atoms with Gasteiger partial charge in [-0.2, -0.15) is 0 Å². The number of hydrogen-bond acceptors (Lipinski definition) is 4. The quantitative estimate of drug-likeness (QED) is 0.242. The first kappa shape index (κ1) is 34.1. The molecule has 226 valence electrons. The lowest BCUT2D eigenvalue weighted by Gasteiger charge is -2.32. The average Bonchev–Trinajstić information content (AvgIpc) is 3.17. The van der Waals surface area contributed by atoms with Crippen LogP contribution in [0.4, 0.5) is 0 Å². The zero-order chi connectivity index (χ0) is 27.9. The fraction of sp³-hybridized carbons (Fsp3) is 0.412. The third-order valence-electron chi connectivity index (χ3n) is 8.62. The molecule has 0 aromatic heterocycles. The number of nitrogens with zero attached hydrogens (tertiary/aromatic N) is 2. The Morgan fingerprint density at radius 1 is 0.786 bits per heavy atom. The van der Waals surface area contributed by atoms with Crippen LogP contribution in [-0.2, 0) is 25.9 Å². The van der Waals surface area contributed by atoms with Crippen LogP contribution in [0.15, 0.2) is 66.7 Å². The van der Waals surface area contributed by atoms with E-state index in [1.54, 1.807) is 6.07 Å². The molecule has 2 aliphatic rings. The molecule has 0 bridgehead atoms. The molecule has 42 heavy (non-hydrogen) atoms. The van der Waals surface area contributed by atoms with Crippen LogP contribution in [0.5, 0.6) is 0 Å². The second kappa shape index (κ2) is 16.4. The number of rotatable bonds is 10. The monoisotopic (exact) mass is 629 g/mol. The smallest absolute Gasteiger partial charge is 0.248 e. The highest BCUT2D eigenvalue weighted by Gasteiger charge is 2.21. The van der Waals surface area contributed by atoms with E-state index in [4.69, 9.17) is 17.3 Å². The number of fused-ring (bicyclic) bond motifs is 1. The van der Waals surface area contributed by atoms with Gasteiger partial charge in [0.1, 0.15) is 0 Å². The Morgan fingerprint density at radius 2 is 1.50 bits per heavy atom. The molecule has 0 atom stereocenters. The first-order valence-corrected chi connectivity index (χ1v) is 15.0. The summed E-state index contributed by atoms with van der Waals surface area (Å²) >= 11 is 6.34. The zero-order valence-electron chi connectivity index (χ0n) is 24.1. The molecule has 0 spiro atoms. The number of likely N-dealkylation sites (tertiary alicyclic amines) is 1.